The molecule has 9 heteroatoms. The molecule has 0 radical (unpaired) electrons. The van der Waals surface area contributed by atoms with Crippen LogP contribution in [0.5, 0.6) is 11.5 Å². The molecule has 0 unspecified atom stereocenters. The first-order valence-corrected chi connectivity index (χ1v) is 6.54. The van der Waals surface area contributed by atoms with Gasteiger partial charge in [-0.05, 0) is 31.2 Å². The zero-order chi connectivity index (χ0) is 17.9. The summed E-state index contributed by atoms with van der Waals surface area (Å²) in [6.07, 6.45) is 0.462. The average Bonchev–Trinajstić information content (AvgIpc) is 2.54. The molecule has 0 fully saturated rings. The molecule has 0 atom stereocenters. The summed E-state index contributed by atoms with van der Waals surface area (Å²) in [7, 11) is 0. The molecular weight excluding hydrogens is 320 g/mol. The Morgan fingerprint density at radius 3 is 2.21 bits per heavy atom. The van der Waals surface area contributed by atoms with Gasteiger partial charge >= 0.3 is 11.4 Å². The number of benzene rings is 2. The van der Waals surface area contributed by atoms with E-state index < -0.39 is 21.2 Å². The summed E-state index contributed by atoms with van der Waals surface area (Å²) in [6.45, 7) is 1.25. The monoisotopic (exact) mass is 330 g/mol. The average molecular weight is 330 g/mol. The molecule has 0 aliphatic carbocycles. The van der Waals surface area contributed by atoms with Gasteiger partial charge < -0.3 is 4.74 Å². The Balaban J connectivity index is 2.55. The van der Waals surface area contributed by atoms with Crippen LogP contribution in [0.3, 0.4) is 0 Å². The summed E-state index contributed by atoms with van der Waals surface area (Å²) in [5.74, 6) is -0.974. The van der Waals surface area contributed by atoms with Crippen LogP contribution in [0.2, 0.25) is 0 Å². The summed E-state index contributed by atoms with van der Waals surface area (Å²) in [5, 5.41) is 22.2. The maximum Gasteiger partial charge on any atom is 0.312 e. The van der Waals surface area contributed by atoms with Crippen molar-refractivity contribution in [2.45, 2.75) is 6.92 Å². The van der Waals surface area contributed by atoms with Gasteiger partial charge in [-0.15, -0.1) is 0 Å². The lowest BCUT2D eigenvalue weighted by Crippen LogP contribution is -2.00. The van der Waals surface area contributed by atoms with E-state index in [1.165, 1.54) is 25.1 Å². The normalized spacial score (nSPS) is 10.0. The second-order valence-corrected chi connectivity index (χ2v) is 4.70. The molecular formula is C15H10N2O7. The van der Waals surface area contributed by atoms with Gasteiger partial charge in [-0.2, -0.15) is 0 Å². The number of ketones is 1. The molecule has 0 saturated carbocycles. The van der Waals surface area contributed by atoms with Gasteiger partial charge in [0.1, 0.15) is 6.29 Å². The highest BCUT2D eigenvalue weighted by Gasteiger charge is 2.22. The molecule has 122 valence electrons. The summed E-state index contributed by atoms with van der Waals surface area (Å²) in [5.41, 5.74) is -0.761. The molecule has 0 aliphatic rings. The lowest BCUT2D eigenvalue weighted by molar-refractivity contribution is -0.387. The first kappa shape index (κ1) is 16.7. The fraction of sp³-hybridized carbons (Fsp3) is 0.0667. The zero-order valence-corrected chi connectivity index (χ0v) is 12.3. The van der Waals surface area contributed by atoms with Crippen LogP contribution in [0.25, 0.3) is 0 Å². The molecule has 0 amide bonds. The van der Waals surface area contributed by atoms with E-state index in [1.54, 1.807) is 0 Å². The van der Waals surface area contributed by atoms with Crippen LogP contribution in [0.1, 0.15) is 27.6 Å². The minimum absolute atomic E-state index is 0.102. The first-order chi connectivity index (χ1) is 11.3. The minimum atomic E-state index is -0.767. The highest BCUT2D eigenvalue weighted by molar-refractivity contribution is 5.95. The number of ether oxygens (including phenoxy) is 1. The van der Waals surface area contributed by atoms with Gasteiger partial charge in [0.2, 0.25) is 11.5 Å². The highest BCUT2D eigenvalue weighted by atomic mass is 16.6. The molecule has 0 saturated heterocycles. The Morgan fingerprint density at radius 1 is 1.00 bits per heavy atom. The van der Waals surface area contributed by atoms with Crippen molar-refractivity contribution in [3.63, 3.8) is 0 Å². The first-order valence-electron chi connectivity index (χ1n) is 6.54. The highest BCUT2D eigenvalue weighted by Crippen LogP contribution is 2.37. The molecule has 2 aromatic rings. The molecule has 9 nitrogen and oxygen atoms in total. The van der Waals surface area contributed by atoms with Crippen molar-refractivity contribution in [2.75, 3.05) is 0 Å². The maximum absolute atomic E-state index is 11.3. The van der Waals surface area contributed by atoms with E-state index in [0.29, 0.717) is 6.29 Å². The standard InChI is InChI=1S/C15H10N2O7/c1-9(19)11-3-5-14(13(7-11)17(22)23)24-15-6-10(8-18)2-4-12(15)16(20)21/h2-8H,1H3. The van der Waals surface area contributed by atoms with E-state index in [0.717, 1.165) is 18.2 Å². The van der Waals surface area contributed by atoms with Crippen LogP contribution in [-0.2, 0) is 0 Å². The number of carbonyl (C=O) groups excluding carboxylic acids is 2. The van der Waals surface area contributed by atoms with Crippen molar-refractivity contribution < 1.29 is 24.2 Å². The van der Waals surface area contributed by atoms with Crippen LogP contribution < -0.4 is 4.74 Å². The second kappa shape index (κ2) is 6.65. The van der Waals surface area contributed by atoms with Crippen LogP contribution >= 0.6 is 0 Å². The van der Waals surface area contributed by atoms with Gasteiger partial charge in [-0.25, -0.2) is 0 Å². The molecule has 2 aromatic carbocycles. The van der Waals surface area contributed by atoms with Crippen molar-refractivity contribution in [2.24, 2.45) is 0 Å². The third-order valence-electron chi connectivity index (χ3n) is 3.10. The maximum atomic E-state index is 11.3. The van der Waals surface area contributed by atoms with E-state index in [-0.39, 0.29) is 28.4 Å². The molecule has 0 heterocycles. The lowest BCUT2D eigenvalue weighted by atomic mass is 10.1. The molecule has 0 bridgehead atoms. The predicted octanol–water partition coefficient (Wildman–Crippen LogP) is 3.31. The van der Waals surface area contributed by atoms with Gasteiger partial charge in [0.05, 0.1) is 9.85 Å². The van der Waals surface area contributed by atoms with Crippen LogP contribution in [0.4, 0.5) is 11.4 Å². The number of carbonyl (C=O) groups is 2. The summed E-state index contributed by atoms with van der Waals surface area (Å²) < 4.78 is 5.29. The van der Waals surface area contributed by atoms with Gasteiger partial charge in [-0.1, -0.05) is 0 Å². The Morgan fingerprint density at radius 2 is 1.67 bits per heavy atom. The summed E-state index contributed by atoms with van der Waals surface area (Å²) in [4.78, 5) is 42.8. The minimum Gasteiger partial charge on any atom is -0.443 e. The lowest BCUT2D eigenvalue weighted by Gasteiger charge is -2.08. The second-order valence-electron chi connectivity index (χ2n) is 4.70. The Bertz CT molecular complexity index is 861. The third-order valence-corrected chi connectivity index (χ3v) is 3.10. The van der Waals surface area contributed by atoms with Crippen molar-refractivity contribution >= 4 is 23.4 Å². The van der Waals surface area contributed by atoms with Crippen LogP contribution in [0.15, 0.2) is 36.4 Å². The number of hydrogen-bond acceptors (Lipinski definition) is 7. The van der Waals surface area contributed by atoms with Crippen molar-refractivity contribution in [3.05, 3.63) is 67.8 Å². The van der Waals surface area contributed by atoms with Gasteiger partial charge in [0, 0.05) is 23.3 Å². The predicted molar refractivity (Wildman–Crippen MR) is 81.7 cm³/mol. The number of nitro benzene ring substituents is 2. The Hall–Kier alpha value is -3.62. The van der Waals surface area contributed by atoms with Crippen molar-refractivity contribution in [1.29, 1.82) is 0 Å². The number of nitro groups is 2. The Kier molecular flexibility index (Phi) is 4.64. The van der Waals surface area contributed by atoms with E-state index >= 15 is 0 Å². The van der Waals surface area contributed by atoms with E-state index in [1.807, 2.05) is 0 Å². The van der Waals surface area contributed by atoms with E-state index in [4.69, 9.17) is 4.74 Å². The van der Waals surface area contributed by atoms with Gasteiger partial charge in [0.25, 0.3) is 0 Å². The van der Waals surface area contributed by atoms with Gasteiger partial charge in [0.15, 0.2) is 5.78 Å². The number of aldehydes is 1. The Labute approximate surface area is 134 Å². The largest absolute Gasteiger partial charge is 0.443 e. The van der Waals surface area contributed by atoms with Crippen LogP contribution in [-0.4, -0.2) is 21.9 Å². The zero-order valence-electron chi connectivity index (χ0n) is 12.3. The summed E-state index contributed by atoms with van der Waals surface area (Å²) >= 11 is 0. The molecule has 0 aliphatic heterocycles. The van der Waals surface area contributed by atoms with Crippen LogP contribution in [0, 0.1) is 20.2 Å². The number of rotatable bonds is 6. The fourth-order valence-electron chi connectivity index (χ4n) is 1.92. The number of Topliss-reactive ketones (excluding diaryl/α,β-unsaturated/α-hetero) is 1. The van der Waals surface area contributed by atoms with Gasteiger partial charge in [-0.3, -0.25) is 29.8 Å². The molecule has 0 spiro atoms. The smallest absolute Gasteiger partial charge is 0.312 e. The molecule has 24 heavy (non-hydrogen) atoms. The summed E-state index contributed by atoms with van der Waals surface area (Å²) in [6, 6.07) is 6.90. The topological polar surface area (TPSA) is 130 Å². The van der Waals surface area contributed by atoms with Crippen molar-refractivity contribution in [3.8, 4) is 11.5 Å². The molecule has 2 rings (SSSR count). The van der Waals surface area contributed by atoms with E-state index in [9.17, 15) is 29.8 Å². The number of nitrogens with zero attached hydrogens (tertiary/aromatic N) is 2. The molecule has 0 aromatic heterocycles. The van der Waals surface area contributed by atoms with E-state index in [2.05, 4.69) is 0 Å². The van der Waals surface area contributed by atoms with Crippen molar-refractivity contribution in [1.82, 2.24) is 0 Å². The number of hydrogen-bond donors (Lipinski definition) is 0. The third kappa shape index (κ3) is 3.40. The fourth-order valence-corrected chi connectivity index (χ4v) is 1.92. The SMILES string of the molecule is CC(=O)c1ccc(Oc2cc(C=O)ccc2[N+](=O)[O-])c([N+](=O)[O-])c1. The molecule has 0 N–H and O–H groups in total. The quantitative estimate of drug-likeness (QED) is 0.343.